The summed E-state index contributed by atoms with van der Waals surface area (Å²) in [6.07, 6.45) is 0. The maximum atomic E-state index is 13.5. The second kappa shape index (κ2) is 9.29. The minimum atomic E-state index is -0.360. The standard InChI is InChI=1S/C26H22N2O3S2/c1-31-21-15-9-8-14-19(21)22-20(24(29)27-17-10-4-2-5-11-17)16-32-25-23(22)33-26(30)28(25)18-12-6-3-7-13-18/h2-15,20,22H,16H2,1H3,(H,27,29)/t20-,22-/m0/s1. The minimum Gasteiger partial charge on any atom is -0.496 e. The molecule has 5 rings (SSSR count). The molecule has 0 saturated carbocycles. The fourth-order valence-corrected chi connectivity index (χ4v) is 6.92. The smallest absolute Gasteiger partial charge is 0.312 e. The second-order valence-corrected chi connectivity index (χ2v) is 9.70. The molecule has 5 nitrogen and oxygen atoms in total. The van der Waals surface area contributed by atoms with Crippen LogP contribution in [0.25, 0.3) is 5.69 Å². The lowest BCUT2D eigenvalue weighted by Gasteiger charge is -2.31. The molecule has 0 bridgehead atoms. The fourth-order valence-electron chi connectivity index (χ4n) is 4.22. The van der Waals surface area contributed by atoms with Crippen LogP contribution >= 0.6 is 23.1 Å². The zero-order valence-corrected chi connectivity index (χ0v) is 19.6. The Labute approximate surface area is 200 Å². The van der Waals surface area contributed by atoms with Crippen molar-refractivity contribution in [1.29, 1.82) is 0 Å². The van der Waals surface area contributed by atoms with Gasteiger partial charge in [0.2, 0.25) is 5.91 Å². The topological polar surface area (TPSA) is 60.3 Å². The second-order valence-electron chi connectivity index (χ2n) is 7.70. The van der Waals surface area contributed by atoms with E-state index in [0.29, 0.717) is 11.5 Å². The maximum absolute atomic E-state index is 13.5. The molecule has 7 heteroatoms. The summed E-state index contributed by atoms with van der Waals surface area (Å²) in [6.45, 7) is 0. The Morgan fingerprint density at radius 3 is 2.36 bits per heavy atom. The molecule has 4 aromatic rings. The Kier molecular flexibility index (Phi) is 6.07. The summed E-state index contributed by atoms with van der Waals surface area (Å²) in [5, 5.41) is 3.96. The molecule has 1 aromatic heterocycles. The number of anilines is 1. The first-order valence-corrected chi connectivity index (χ1v) is 12.4. The van der Waals surface area contributed by atoms with E-state index in [2.05, 4.69) is 5.32 Å². The molecule has 33 heavy (non-hydrogen) atoms. The molecular formula is C26H22N2O3S2. The molecule has 0 unspecified atom stereocenters. The van der Waals surface area contributed by atoms with Crippen LogP contribution in [0.15, 0.2) is 94.7 Å². The first kappa shape index (κ1) is 21.6. The first-order valence-electron chi connectivity index (χ1n) is 10.6. The van der Waals surface area contributed by atoms with Crippen LogP contribution in [0, 0.1) is 5.92 Å². The average Bonchev–Trinajstić information content (AvgIpc) is 3.20. The Morgan fingerprint density at radius 2 is 1.64 bits per heavy atom. The highest BCUT2D eigenvalue weighted by molar-refractivity contribution is 7.99. The minimum absolute atomic E-state index is 0.0530. The van der Waals surface area contributed by atoms with Crippen LogP contribution in [0.5, 0.6) is 5.75 Å². The highest BCUT2D eigenvalue weighted by Gasteiger charge is 2.40. The first-order chi connectivity index (χ1) is 16.2. The number of amides is 1. The van der Waals surface area contributed by atoms with Gasteiger partial charge in [-0.25, -0.2) is 0 Å². The number of benzene rings is 3. The number of hydrogen-bond donors (Lipinski definition) is 1. The van der Waals surface area contributed by atoms with Gasteiger partial charge in [0.05, 0.1) is 23.7 Å². The lowest BCUT2D eigenvalue weighted by Crippen LogP contribution is -2.33. The molecule has 166 valence electrons. The van der Waals surface area contributed by atoms with E-state index in [0.717, 1.165) is 26.8 Å². The number of nitrogens with zero attached hydrogens (tertiary/aromatic N) is 1. The number of thiazole rings is 1. The number of carbonyl (C=O) groups excluding carboxylic acids is 1. The Morgan fingerprint density at radius 1 is 0.970 bits per heavy atom. The third-order valence-electron chi connectivity index (χ3n) is 5.74. The lowest BCUT2D eigenvalue weighted by molar-refractivity contribution is -0.119. The monoisotopic (exact) mass is 474 g/mol. The molecule has 1 amide bonds. The van der Waals surface area contributed by atoms with E-state index in [9.17, 15) is 9.59 Å². The molecule has 0 radical (unpaired) electrons. The molecular weight excluding hydrogens is 452 g/mol. The number of thioether (sulfide) groups is 1. The summed E-state index contributed by atoms with van der Waals surface area (Å²) in [7, 11) is 1.63. The molecule has 2 heterocycles. The van der Waals surface area contributed by atoms with E-state index in [-0.39, 0.29) is 22.6 Å². The summed E-state index contributed by atoms with van der Waals surface area (Å²) in [4.78, 5) is 27.5. The number of hydrogen-bond acceptors (Lipinski definition) is 5. The van der Waals surface area contributed by atoms with Crippen molar-refractivity contribution in [2.45, 2.75) is 10.9 Å². The number of carbonyl (C=O) groups is 1. The van der Waals surface area contributed by atoms with E-state index in [1.807, 2.05) is 84.9 Å². The van der Waals surface area contributed by atoms with Crippen LogP contribution in [-0.2, 0) is 4.79 Å². The molecule has 0 aliphatic carbocycles. The van der Waals surface area contributed by atoms with E-state index in [1.165, 1.54) is 11.3 Å². The van der Waals surface area contributed by atoms with Gasteiger partial charge in [0.1, 0.15) is 5.75 Å². The fraction of sp³-hybridized carbons (Fsp3) is 0.154. The quantitative estimate of drug-likeness (QED) is 0.421. The number of fused-ring (bicyclic) bond motifs is 1. The van der Waals surface area contributed by atoms with Crippen molar-refractivity contribution < 1.29 is 9.53 Å². The summed E-state index contributed by atoms with van der Waals surface area (Å²) < 4.78 is 7.43. The highest BCUT2D eigenvalue weighted by Crippen LogP contribution is 2.49. The largest absolute Gasteiger partial charge is 0.496 e. The predicted octanol–water partition coefficient (Wildman–Crippen LogP) is 5.40. The van der Waals surface area contributed by atoms with E-state index >= 15 is 0 Å². The van der Waals surface area contributed by atoms with Gasteiger partial charge in [-0.3, -0.25) is 14.2 Å². The Bertz CT molecular complexity index is 1330. The van der Waals surface area contributed by atoms with Crippen LogP contribution < -0.4 is 14.9 Å². The van der Waals surface area contributed by atoms with Gasteiger partial charge in [0.25, 0.3) is 0 Å². The van der Waals surface area contributed by atoms with Crippen molar-refractivity contribution in [3.63, 3.8) is 0 Å². The van der Waals surface area contributed by atoms with Gasteiger partial charge >= 0.3 is 4.87 Å². The maximum Gasteiger partial charge on any atom is 0.312 e. The van der Waals surface area contributed by atoms with Gasteiger partial charge in [-0.1, -0.05) is 65.9 Å². The zero-order chi connectivity index (χ0) is 22.8. The molecule has 1 aliphatic heterocycles. The van der Waals surface area contributed by atoms with Crippen molar-refractivity contribution in [1.82, 2.24) is 4.57 Å². The summed E-state index contributed by atoms with van der Waals surface area (Å²) in [5.41, 5.74) is 2.50. The van der Waals surface area contributed by atoms with Crippen molar-refractivity contribution in [2.75, 3.05) is 18.2 Å². The van der Waals surface area contributed by atoms with Crippen molar-refractivity contribution in [3.05, 3.63) is 105 Å². The number of methoxy groups -OCH3 is 1. The number of rotatable bonds is 5. The van der Waals surface area contributed by atoms with Crippen LogP contribution in [0.3, 0.4) is 0 Å². The number of para-hydroxylation sites is 3. The Balaban J connectivity index is 1.63. The van der Waals surface area contributed by atoms with Crippen LogP contribution in [0.1, 0.15) is 16.4 Å². The molecule has 3 aromatic carbocycles. The van der Waals surface area contributed by atoms with Gasteiger partial charge in [0.15, 0.2) is 0 Å². The summed E-state index contributed by atoms with van der Waals surface area (Å²) >= 11 is 2.77. The van der Waals surface area contributed by atoms with Gasteiger partial charge < -0.3 is 10.1 Å². The van der Waals surface area contributed by atoms with Gasteiger partial charge in [-0.05, 0) is 30.3 Å². The van der Waals surface area contributed by atoms with Crippen LogP contribution in [0.2, 0.25) is 0 Å². The van der Waals surface area contributed by atoms with Crippen molar-refractivity contribution in [3.8, 4) is 11.4 Å². The third kappa shape index (κ3) is 4.10. The normalized spacial score (nSPS) is 17.2. The van der Waals surface area contributed by atoms with Gasteiger partial charge in [-0.15, -0.1) is 11.8 Å². The number of nitrogens with one attached hydrogen (secondary N) is 1. The van der Waals surface area contributed by atoms with E-state index < -0.39 is 0 Å². The molecule has 0 saturated heterocycles. The van der Waals surface area contributed by atoms with Crippen molar-refractivity contribution >= 4 is 34.7 Å². The SMILES string of the molecule is COc1ccccc1[C@@H]1c2sc(=O)n(-c3ccccc3)c2SC[C@@H]1C(=O)Nc1ccccc1. The van der Waals surface area contributed by atoms with Gasteiger partial charge in [0, 0.05) is 27.8 Å². The molecule has 0 fully saturated rings. The summed E-state index contributed by atoms with van der Waals surface area (Å²) in [5.74, 6) is 0.551. The van der Waals surface area contributed by atoms with E-state index in [4.69, 9.17) is 4.74 Å². The average molecular weight is 475 g/mol. The lowest BCUT2D eigenvalue weighted by atomic mass is 9.84. The highest BCUT2D eigenvalue weighted by atomic mass is 32.2. The third-order valence-corrected chi connectivity index (χ3v) is 8.10. The van der Waals surface area contributed by atoms with Crippen LogP contribution in [0.4, 0.5) is 5.69 Å². The summed E-state index contributed by atoms with van der Waals surface area (Å²) in [6, 6.07) is 26.9. The van der Waals surface area contributed by atoms with Gasteiger partial charge in [-0.2, -0.15) is 0 Å². The van der Waals surface area contributed by atoms with E-state index in [1.54, 1.807) is 23.4 Å². The Hall–Kier alpha value is -3.29. The van der Waals surface area contributed by atoms with Crippen LogP contribution in [-0.4, -0.2) is 23.3 Å². The molecule has 1 aliphatic rings. The predicted molar refractivity (Wildman–Crippen MR) is 134 cm³/mol. The number of aromatic nitrogens is 1. The van der Waals surface area contributed by atoms with Crippen molar-refractivity contribution in [2.24, 2.45) is 5.92 Å². The zero-order valence-electron chi connectivity index (χ0n) is 17.9. The number of ether oxygens (including phenoxy) is 1. The molecule has 1 N–H and O–H groups in total. The molecule has 2 atom stereocenters. The molecule has 0 spiro atoms.